The van der Waals surface area contributed by atoms with Gasteiger partial charge in [-0.2, -0.15) is 0 Å². The van der Waals surface area contributed by atoms with Gasteiger partial charge in [0, 0.05) is 24.3 Å². The van der Waals surface area contributed by atoms with Crippen molar-refractivity contribution in [1.82, 2.24) is 9.88 Å². The highest BCUT2D eigenvalue weighted by molar-refractivity contribution is 5.84. The minimum atomic E-state index is 1.08. The van der Waals surface area contributed by atoms with Gasteiger partial charge in [-0.25, -0.2) is 0 Å². The summed E-state index contributed by atoms with van der Waals surface area (Å²) in [7, 11) is 0. The van der Waals surface area contributed by atoms with Gasteiger partial charge in [0.25, 0.3) is 0 Å². The molecule has 0 saturated carbocycles. The third-order valence-corrected chi connectivity index (χ3v) is 3.36. The predicted molar refractivity (Wildman–Crippen MR) is 66.3 cm³/mol. The smallest absolute Gasteiger partial charge is 0.0346 e. The zero-order chi connectivity index (χ0) is 10.8. The first-order valence-electron chi connectivity index (χ1n) is 5.97. The highest BCUT2D eigenvalue weighted by atomic mass is 15.1. The lowest BCUT2D eigenvalue weighted by Gasteiger charge is -2.15. The monoisotopic (exact) mass is 212 g/mol. The van der Waals surface area contributed by atoms with Crippen LogP contribution in [0, 0.1) is 0 Å². The number of rotatable bonds is 2. The number of hydrogen-bond donors (Lipinski definition) is 0. The number of likely N-dealkylation sites (tertiary alicyclic amines) is 1. The van der Waals surface area contributed by atoms with Crippen molar-refractivity contribution >= 4 is 10.8 Å². The molecule has 1 aromatic heterocycles. The normalized spacial score (nSPS) is 17.0. The van der Waals surface area contributed by atoms with Gasteiger partial charge in [-0.15, -0.1) is 0 Å². The van der Waals surface area contributed by atoms with Crippen LogP contribution < -0.4 is 0 Å². The van der Waals surface area contributed by atoms with Gasteiger partial charge in [-0.1, -0.05) is 18.2 Å². The largest absolute Gasteiger partial charge is 0.299 e. The molecule has 2 heteroatoms. The molecule has 16 heavy (non-hydrogen) atoms. The van der Waals surface area contributed by atoms with Crippen molar-refractivity contribution in [1.29, 1.82) is 0 Å². The van der Waals surface area contributed by atoms with Crippen LogP contribution in [0.5, 0.6) is 0 Å². The molecule has 0 bridgehead atoms. The lowest BCUT2D eigenvalue weighted by Crippen LogP contribution is -2.18. The van der Waals surface area contributed by atoms with E-state index in [1.54, 1.807) is 0 Å². The van der Waals surface area contributed by atoms with Gasteiger partial charge in [0.05, 0.1) is 0 Å². The van der Waals surface area contributed by atoms with Crippen LogP contribution in [0.4, 0.5) is 0 Å². The topological polar surface area (TPSA) is 16.1 Å². The average Bonchev–Trinajstić information content (AvgIpc) is 2.82. The van der Waals surface area contributed by atoms with Crippen LogP contribution in [-0.4, -0.2) is 23.0 Å². The highest BCUT2D eigenvalue weighted by Gasteiger charge is 2.12. The number of fused-ring (bicyclic) bond motifs is 1. The molecule has 1 saturated heterocycles. The van der Waals surface area contributed by atoms with Crippen LogP contribution in [0.3, 0.4) is 0 Å². The number of nitrogens with zero attached hydrogens (tertiary/aromatic N) is 2. The van der Waals surface area contributed by atoms with Gasteiger partial charge >= 0.3 is 0 Å². The predicted octanol–water partition coefficient (Wildman–Crippen LogP) is 2.83. The summed E-state index contributed by atoms with van der Waals surface area (Å²) in [5.74, 6) is 0. The summed E-state index contributed by atoms with van der Waals surface area (Å²) >= 11 is 0. The zero-order valence-corrected chi connectivity index (χ0v) is 9.39. The second kappa shape index (κ2) is 4.22. The van der Waals surface area contributed by atoms with Crippen LogP contribution in [0.2, 0.25) is 0 Å². The Morgan fingerprint density at radius 2 is 2.00 bits per heavy atom. The highest BCUT2D eigenvalue weighted by Crippen LogP contribution is 2.20. The average molecular weight is 212 g/mol. The van der Waals surface area contributed by atoms with E-state index in [1.807, 2.05) is 12.4 Å². The molecule has 0 radical (unpaired) electrons. The fourth-order valence-electron chi connectivity index (χ4n) is 2.51. The molecule has 1 aliphatic rings. The van der Waals surface area contributed by atoms with E-state index in [9.17, 15) is 0 Å². The maximum absolute atomic E-state index is 4.17. The minimum Gasteiger partial charge on any atom is -0.299 e. The van der Waals surface area contributed by atoms with Crippen molar-refractivity contribution in [3.63, 3.8) is 0 Å². The quantitative estimate of drug-likeness (QED) is 0.761. The molecular weight excluding hydrogens is 196 g/mol. The first kappa shape index (κ1) is 9.79. The van der Waals surface area contributed by atoms with Gasteiger partial charge in [0.2, 0.25) is 0 Å². The molecule has 0 spiro atoms. The second-order valence-corrected chi connectivity index (χ2v) is 4.50. The molecule has 0 N–H and O–H groups in total. The Hall–Kier alpha value is -1.41. The molecule has 82 valence electrons. The van der Waals surface area contributed by atoms with Gasteiger partial charge < -0.3 is 0 Å². The molecule has 3 rings (SSSR count). The third kappa shape index (κ3) is 1.81. The molecule has 0 amide bonds. The molecule has 0 atom stereocenters. The number of aromatic nitrogens is 1. The Bertz CT molecular complexity index is 482. The molecule has 0 aliphatic carbocycles. The Balaban J connectivity index is 1.96. The molecule has 1 fully saturated rings. The molecule has 1 aromatic carbocycles. The van der Waals surface area contributed by atoms with Crippen molar-refractivity contribution in [2.45, 2.75) is 19.4 Å². The number of hydrogen-bond acceptors (Lipinski definition) is 2. The van der Waals surface area contributed by atoms with Gasteiger partial charge in [0.15, 0.2) is 0 Å². The van der Waals surface area contributed by atoms with E-state index < -0.39 is 0 Å². The number of benzene rings is 1. The molecule has 2 heterocycles. The van der Waals surface area contributed by atoms with E-state index in [-0.39, 0.29) is 0 Å². The van der Waals surface area contributed by atoms with Crippen molar-refractivity contribution in [2.24, 2.45) is 0 Å². The zero-order valence-electron chi connectivity index (χ0n) is 9.39. The van der Waals surface area contributed by atoms with Crippen molar-refractivity contribution in [2.75, 3.05) is 13.1 Å². The standard InChI is InChI=1S/C14H16N2/c1-2-9-16(8-1)11-13-5-3-4-12-10-15-7-6-14(12)13/h3-7,10H,1-2,8-9,11H2. The first-order chi connectivity index (χ1) is 7.93. The summed E-state index contributed by atoms with van der Waals surface area (Å²) in [4.78, 5) is 6.71. The molecule has 0 unspecified atom stereocenters. The summed E-state index contributed by atoms with van der Waals surface area (Å²) in [6.45, 7) is 3.59. The summed E-state index contributed by atoms with van der Waals surface area (Å²) in [5, 5.41) is 2.60. The van der Waals surface area contributed by atoms with Crippen LogP contribution in [0.15, 0.2) is 36.7 Å². The fourth-order valence-corrected chi connectivity index (χ4v) is 2.51. The van der Waals surface area contributed by atoms with E-state index in [0.29, 0.717) is 0 Å². The van der Waals surface area contributed by atoms with E-state index in [2.05, 4.69) is 34.1 Å². The summed E-state index contributed by atoms with van der Waals surface area (Å²) in [6.07, 6.45) is 6.54. The van der Waals surface area contributed by atoms with Gasteiger partial charge in [-0.05, 0) is 42.9 Å². The summed E-state index contributed by atoms with van der Waals surface area (Å²) in [5.41, 5.74) is 1.43. The van der Waals surface area contributed by atoms with Crippen molar-refractivity contribution in [3.05, 3.63) is 42.2 Å². The number of pyridine rings is 1. The van der Waals surface area contributed by atoms with Crippen LogP contribution in [0.25, 0.3) is 10.8 Å². The van der Waals surface area contributed by atoms with E-state index >= 15 is 0 Å². The lowest BCUT2D eigenvalue weighted by molar-refractivity contribution is 0.332. The minimum absolute atomic E-state index is 1.08. The fraction of sp³-hybridized carbons (Fsp3) is 0.357. The maximum atomic E-state index is 4.17. The van der Waals surface area contributed by atoms with E-state index in [1.165, 1.54) is 42.3 Å². The second-order valence-electron chi connectivity index (χ2n) is 4.50. The lowest BCUT2D eigenvalue weighted by atomic mass is 10.1. The first-order valence-corrected chi connectivity index (χ1v) is 5.97. The van der Waals surface area contributed by atoms with Crippen molar-refractivity contribution < 1.29 is 0 Å². The third-order valence-electron chi connectivity index (χ3n) is 3.36. The van der Waals surface area contributed by atoms with E-state index in [0.717, 1.165) is 6.54 Å². The Labute approximate surface area is 95.9 Å². The van der Waals surface area contributed by atoms with Crippen LogP contribution >= 0.6 is 0 Å². The Morgan fingerprint density at radius 3 is 2.88 bits per heavy atom. The Morgan fingerprint density at radius 1 is 1.12 bits per heavy atom. The summed E-state index contributed by atoms with van der Waals surface area (Å²) in [6, 6.07) is 8.63. The van der Waals surface area contributed by atoms with E-state index in [4.69, 9.17) is 0 Å². The molecular formula is C14H16N2. The molecule has 2 nitrogen and oxygen atoms in total. The molecule has 2 aromatic rings. The van der Waals surface area contributed by atoms with Gasteiger partial charge in [0.1, 0.15) is 0 Å². The summed E-state index contributed by atoms with van der Waals surface area (Å²) < 4.78 is 0. The van der Waals surface area contributed by atoms with Crippen LogP contribution in [-0.2, 0) is 6.54 Å². The molecule has 1 aliphatic heterocycles. The van der Waals surface area contributed by atoms with Gasteiger partial charge in [-0.3, -0.25) is 9.88 Å². The SMILES string of the molecule is c1cc(CN2CCCC2)c2ccncc2c1. The van der Waals surface area contributed by atoms with Crippen LogP contribution in [0.1, 0.15) is 18.4 Å². The maximum Gasteiger partial charge on any atom is 0.0346 e. The van der Waals surface area contributed by atoms with Crippen molar-refractivity contribution in [3.8, 4) is 0 Å². The Kier molecular flexibility index (Phi) is 2.58.